The summed E-state index contributed by atoms with van der Waals surface area (Å²) in [6.45, 7) is 1.92. The summed E-state index contributed by atoms with van der Waals surface area (Å²) in [6, 6.07) is 5.42. The number of halogens is 1. The molecule has 1 rings (SSSR count). The van der Waals surface area contributed by atoms with Crippen molar-refractivity contribution in [3.8, 4) is 0 Å². The van der Waals surface area contributed by atoms with E-state index in [1.807, 2.05) is 13.0 Å². The number of benzene rings is 1. The lowest BCUT2D eigenvalue weighted by molar-refractivity contribution is 0.686. The highest BCUT2D eigenvalue weighted by molar-refractivity contribution is 7.84. The molecule has 0 spiro atoms. The average Bonchev–Trinajstić information content (AvgIpc) is 1.94. The van der Waals surface area contributed by atoms with Crippen molar-refractivity contribution in [2.24, 2.45) is 0 Å². The number of rotatable bonds is 1. The van der Waals surface area contributed by atoms with E-state index in [-0.39, 0.29) is 0 Å². The first-order valence-corrected chi connectivity index (χ1v) is 5.14. The van der Waals surface area contributed by atoms with E-state index < -0.39 is 10.8 Å². The van der Waals surface area contributed by atoms with Crippen LogP contribution in [0.5, 0.6) is 0 Å². The van der Waals surface area contributed by atoms with E-state index in [4.69, 9.17) is 11.6 Å². The second-order valence-corrected chi connectivity index (χ2v) is 4.15. The van der Waals surface area contributed by atoms with Gasteiger partial charge in [0.1, 0.15) is 0 Å². The maximum Gasteiger partial charge on any atom is 0.0501 e. The molecular weight excluding hydrogens is 180 g/mol. The van der Waals surface area contributed by atoms with Crippen molar-refractivity contribution in [2.75, 3.05) is 6.26 Å². The van der Waals surface area contributed by atoms with Gasteiger partial charge in [-0.3, -0.25) is 4.21 Å². The Morgan fingerprint density at radius 3 is 2.55 bits per heavy atom. The second kappa shape index (κ2) is 3.37. The maximum atomic E-state index is 11.1. The second-order valence-electron chi connectivity index (χ2n) is 2.36. The SMILES string of the molecule is Cc1ccc(Cl)cc1S(C)=O. The van der Waals surface area contributed by atoms with Crippen LogP contribution in [-0.2, 0) is 10.8 Å². The van der Waals surface area contributed by atoms with Gasteiger partial charge in [-0.15, -0.1) is 0 Å². The van der Waals surface area contributed by atoms with E-state index in [2.05, 4.69) is 0 Å². The monoisotopic (exact) mass is 188 g/mol. The van der Waals surface area contributed by atoms with Gasteiger partial charge in [0.25, 0.3) is 0 Å². The fourth-order valence-electron chi connectivity index (χ4n) is 0.884. The summed E-state index contributed by atoms with van der Waals surface area (Å²) in [4.78, 5) is 0.817. The summed E-state index contributed by atoms with van der Waals surface area (Å²) >= 11 is 5.73. The standard InChI is InChI=1S/C8H9ClOS/c1-6-3-4-7(9)5-8(6)11(2)10/h3-5H,1-2H3. The molecular formula is C8H9ClOS. The van der Waals surface area contributed by atoms with E-state index in [1.165, 1.54) is 0 Å². The van der Waals surface area contributed by atoms with Crippen LogP contribution in [0, 0.1) is 6.92 Å². The molecule has 0 aliphatic carbocycles. The molecule has 1 unspecified atom stereocenters. The first-order valence-electron chi connectivity index (χ1n) is 3.21. The Hall–Kier alpha value is -0.340. The third kappa shape index (κ3) is 2.04. The van der Waals surface area contributed by atoms with E-state index in [9.17, 15) is 4.21 Å². The fraction of sp³-hybridized carbons (Fsp3) is 0.250. The topological polar surface area (TPSA) is 17.1 Å². The maximum absolute atomic E-state index is 11.1. The molecule has 1 aromatic carbocycles. The average molecular weight is 189 g/mol. The Balaban J connectivity index is 3.23. The first-order chi connectivity index (χ1) is 5.11. The van der Waals surface area contributed by atoms with Gasteiger partial charge in [-0.1, -0.05) is 17.7 Å². The van der Waals surface area contributed by atoms with Crippen LogP contribution >= 0.6 is 11.6 Å². The molecule has 0 aliphatic rings. The Labute approximate surface area is 73.8 Å². The fourth-order valence-corrected chi connectivity index (χ4v) is 1.93. The zero-order valence-electron chi connectivity index (χ0n) is 6.43. The van der Waals surface area contributed by atoms with Crippen molar-refractivity contribution in [3.05, 3.63) is 28.8 Å². The van der Waals surface area contributed by atoms with Crippen LogP contribution in [0.3, 0.4) is 0 Å². The van der Waals surface area contributed by atoms with Gasteiger partial charge >= 0.3 is 0 Å². The largest absolute Gasteiger partial charge is 0.255 e. The molecule has 60 valence electrons. The van der Waals surface area contributed by atoms with E-state index in [0.717, 1.165) is 10.5 Å². The minimum Gasteiger partial charge on any atom is -0.255 e. The molecule has 11 heavy (non-hydrogen) atoms. The van der Waals surface area contributed by atoms with E-state index in [0.29, 0.717) is 5.02 Å². The molecule has 1 atom stereocenters. The van der Waals surface area contributed by atoms with E-state index >= 15 is 0 Å². The highest BCUT2D eigenvalue weighted by Gasteiger charge is 2.01. The molecule has 0 fully saturated rings. The molecule has 0 heterocycles. The quantitative estimate of drug-likeness (QED) is 0.662. The molecule has 0 amide bonds. The van der Waals surface area contributed by atoms with Gasteiger partial charge in [-0.2, -0.15) is 0 Å². The number of hydrogen-bond acceptors (Lipinski definition) is 1. The molecule has 0 radical (unpaired) electrons. The van der Waals surface area contributed by atoms with Crippen LogP contribution in [0.4, 0.5) is 0 Å². The molecule has 0 aliphatic heterocycles. The molecule has 0 bridgehead atoms. The predicted octanol–water partition coefficient (Wildman–Crippen LogP) is 2.39. The summed E-state index contributed by atoms with van der Waals surface area (Å²) in [5.41, 5.74) is 1.02. The van der Waals surface area contributed by atoms with Crippen molar-refractivity contribution in [2.45, 2.75) is 11.8 Å². The van der Waals surface area contributed by atoms with Crippen LogP contribution in [0.1, 0.15) is 5.56 Å². The first kappa shape index (κ1) is 8.75. The summed E-state index contributed by atoms with van der Waals surface area (Å²) in [7, 11) is -0.935. The van der Waals surface area contributed by atoms with Crippen molar-refractivity contribution in [1.29, 1.82) is 0 Å². The van der Waals surface area contributed by atoms with Crippen LogP contribution in [0.2, 0.25) is 5.02 Å². The summed E-state index contributed by atoms with van der Waals surface area (Å²) in [5, 5.41) is 0.640. The number of aryl methyl sites for hydroxylation is 1. The normalized spacial score (nSPS) is 13.0. The third-order valence-corrected chi connectivity index (χ3v) is 2.75. The number of hydrogen-bond donors (Lipinski definition) is 0. The lowest BCUT2D eigenvalue weighted by atomic mass is 10.2. The van der Waals surface area contributed by atoms with Crippen LogP contribution in [0.25, 0.3) is 0 Å². The highest BCUT2D eigenvalue weighted by atomic mass is 35.5. The van der Waals surface area contributed by atoms with Gasteiger partial charge in [0.05, 0.1) is 10.8 Å². The Morgan fingerprint density at radius 1 is 1.45 bits per heavy atom. The smallest absolute Gasteiger partial charge is 0.0501 e. The molecule has 3 heteroatoms. The lowest BCUT2D eigenvalue weighted by Crippen LogP contribution is -1.90. The van der Waals surface area contributed by atoms with Gasteiger partial charge in [-0.25, -0.2) is 0 Å². The Kier molecular flexibility index (Phi) is 2.68. The van der Waals surface area contributed by atoms with Crippen LogP contribution in [-0.4, -0.2) is 10.5 Å². The summed E-state index contributed by atoms with van der Waals surface area (Å²) in [5.74, 6) is 0. The van der Waals surface area contributed by atoms with Crippen molar-refractivity contribution >= 4 is 22.4 Å². The summed E-state index contributed by atoms with van der Waals surface area (Å²) in [6.07, 6.45) is 1.65. The van der Waals surface area contributed by atoms with Crippen molar-refractivity contribution in [1.82, 2.24) is 0 Å². The molecule has 1 aromatic rings. The van der Waals surface area contributed by atoms with Crippen LogP contribution < -0.4 is 0 Å². The minimum absolute atomic E-state index is 0.640. The van der Waals surface area contributed by atoms with Gasteiger partial charge in [0.2, 0.25) is 0 Å². The third-order valence-electron chi connectivity index (χ3n) is 1.46. The molecule has 0 N–H and O–H groups in total. The zero-order valence-corrected chi connectivity index (χ0v) is 8.00. The van der Waals surface area contributed by atoms with Gasteiger partial charge < -0.3 is 0 Å². The Morgan fingerprint density at radius 2 is 2.09 bits per heavy atom. The zero-order chi connectivity index (χ0) is 8.43. The van der Waals surface area contributed by atoms with Gasteiger partial charge in [0, 0.05) is 16.2 Å². The molecule has 0 saturated carbocycles. The molecule has 0 aromatic heterocycles. The van der Waals surface area contributed by atoms with Crippen molar-refractivity contribution < 1.29 is 4.21 Å². The highest BCUT2D eigenvalue weighted by Crippen LogP contribution is 2.17. The molecule has 1 nitrogen and oxygen atoms in total. The summed E-state index contributed by atoms with van der Waals surface area (Å²) < 4.78 is 11.1. The van der Waals surface area contributed by atoms with E-state index in [1.54, 1.807) is 18.4 Å². The lowest BCUT2D eigenvalue weighted by Gasteiger charge is -2.01. The molecule has 0 saturated heterocycles. The van der Waals surface area contributed by atoms with Crippen molar-refractivity contribution in [3.63, 3.8) is 0 Å². The Bertz CT molecular complexity index is 296. The minimum atomic E-state index is -0.935. The van der Waals surface area contributed by atoms with Gasteiger partial charge in [0.15, 0.2) is 0 Å². The van der Waals surface area contributed by atoms with Crippen LogP contribution in [0.15, 0.2) is 23.1 Å². The predicted molar refractivity (Wildman–Crippen MR) is 48.5 cm³/mol. The van der Waals surface area contributed by atoms with Gasteiger partial charge in [-0.05, 0) is 24.6 Å².